The van der Waals surface area contributed by atoms with Crippen molar-refractivity contribution in [3.63, 3.8) is 0 Å². The van der Waals surface area contributed by atoms with Gasteiger partial charge in [-0.1, -0.05) is 18.2 Å². The van der Waals surface area contributed by atoms with Gasteiger partial charge in [0.1, 0.15) is 5.75 Å². The van der Waals surface area contributed by atoms with Crippen LogP contribution in [0, 0.1) is 0 Å². The smallest absolute Gasteiger partial charge is 0.227 e. The molecule has 4 aromatic rings. The zero-order chi connectivity index (χ0) is 18.6. The van der Waals surface area contributed by atoms with Crippen molar-refractivity contribution in [3.8, 4) is 17.0 Å². The summed E-state index contributed by atoms with van der Waals surface area (Å²) in [6.45, 7) is 0.634. The third kappa shape index (κ3) is 3.47. The van der Waals surface area contributed by atoms with Gasteiger partial charge >= 0.3 is 0 Å². The molecule has 4 rings (SSSR count). The maximum Gasteiger partial charge on any atom is 0.227 e. The monoisotopic (exact) mass is 360 g/mol. The van der Waals surface area contributed by atoms with Gasteiger partial charge in [0.05, 0.1) is 19.4 Å². The molecule has 0 aliphatic carbocycles. The van der Waals surface area contributed by atoms with Crippen molar-refractivity contribution in [1.82, 2.24) is 14.5 Å². The van der Waals surface area contributed by atoms with Crippen molar-refractivity contribution < 1.29 is 9.84 Å². The van der Waals surface area contributed by atoms with Gasteiger partial charge in [0.2, 0.25) is 5.95 Å². The molecule has 2 N–H and O–H groups in total. The second kappa shape index (κ2) is 7.47. The van der Waals surface area contributed by atoms with E-state index in [2.05, 4.69) is 21.4 Å². The largest absolute Gasteiger partial charge is 0.497 e. The standard InChI is InChI=1S/C21H20N4O2/c1-27-16-8-6-15(7-9-16)23-21-22-11-10-19(24-21)18-14-25(12-13-26)20-5-3-2-4-17(18)20/h2-11,14,26H,12-13H2,1H3,(H,22,23,24). The van der Waals surface area contributed by atoms with Crippen LogP contribution in [0.4, 0.5) is 11.6 Å². The molecular weight excluding hydrogens is 340 g/mol. The zero-order valence-electron chi connectivity index (χ0n) is 15.0. The second-order valence-corrected chi connectivity index (χ2v) is 6.10. The van der Waals surface area contributed by atoms with Gasteiger partial charge in [-0.2, -0.15) is 0 Å². The van der Waals surface area contributed by atoms with Crippen molar-refractivity contribution in [2.45, 2.75) is 6.54 Å². The van der Waals surface area contributed by atoms with Gasteiger partial charge in [0.15, 0.2) is 0 Å². The number of nitrogens with one attached hydrogen (secondary N) is 1. The van der Waals surface area contributed by atoms with Crippen LogP contribution in [-0.4, -0.2) is 33.4 Å². The maximum atomic E-state index is 9.34. The second-order valence-electron chi connectivity index (χ2n) is 6.10. The highest BCUT2D eigenvalue weighted by Gasteiger charge is 2.12. The van der Waals surface area contributed by atoms with Gasteiger partial charge < -0.3 is 19.7 Å². The number of methoxy groups -OCH3 is 1. The Hall–Kier alpha value is -3.38. The minimum Gasteiger partial charge on any atom is -0.497 e. The number of para-hydroxylation sites is 1. The lowest BCUT2D eigenvalue weighted by Gasteiger charge is -2.07. The van der Waals surface area contributed by atoms with Crippen LogP contribution in [0.2, 0.25) is 0 Å². The van der Waals surface area contributed by atoms with E-state index in [0.717, 1.165) is 33.6 Å². The predicted molar refractivity (Wildman–Crippen MR) is 106 cm³/mol. The predicted octanol–water partition coefficient (Wildman–Crippen LogP) is 3.84. The number of hydrogen-bond donors (Lipinski definition) is 2. The summed E-state index contributed by atoms with van der Waals surface area (Å²) in [7, 11) is 1.64. The molecule has 0 unspecified atom stereocenters. The number of hydrogen-bond acceptors (Lipinski definition) is 5. The lowest BCUT2D eigenvalue weighted by molar-refractivity contribution is 0.278. The lowest BCUT2D eigenvalue weighted by Crippen LogP contribution is -1.99. The molecule has 0 aliphatic heterocycles. The van der Waals surface area contributed by atoms with Crippen LogP contribution in [0.3, 0.4) is 0 Å². The van der Waals surface area contributed by atoms with E-state index in [1.54, 1.807) is 13.3 Å². The highest BCUT2D eigenvalue weighted by molar-refractivity contribution is 5.95. The molecule has 0 fully saturated rings. The summed E-state index contributed by atoms with van der Waals surface area (Å²) >= 11 is 0. The lowest BCUT2D eigenvalue weighted by atomic mass is 10.1. The van der Waals surface area contributed by atoms with Crippen molar-refractivity contribution in [2.24, 2.45) is 0 Å². The third-order valence-electron chi connectivity index (χ3n) is 4.41. The van der Waals surface area contributed by atoms with Crippen molar-refractivity contribution in [2.75, 3.05) is 19.0 Å². The summed E-state index contributed by atoms with van der Waals surface area (Å²) in [6, 6.07) is 17.6. The Balaban J connectivity index is 1.69. The summed E-state index contributed by atoms with van der Waals surface area (Å²) in [4.78, 5) is 9.00. The van der Waals surface area contributed by atoms with Crippen molar-refractivity contribution in [3.05, 3.63) is 67.0 Å². The van der Waals surface area contributed by atoms with Crippen LogP contribution in [0.5, 0.6) is 5.75 Å². The molecule has 0 aliphatic rings. The number of fused-ring (bicyclic) bond motifs is 1. The van der Waals surface area contributed by atoms with E-state index in [1.807, 2.05) is 59.3 Å². The van der Waals surface area contributed by atoms with E-state index in [4.69, 9.17) is 4.74 Å². The fourth-order valence-corrected chi connectivity index (χ4v) is 3.12. The van der Waals surface area contributed by atoms with Crippen molar-refractivity contribution in [1.29, 1.82) is 0 Å². The van der Waals surface area contributed by atoms with Crippen LogP contribution in [-0.2, 0) is 6.54 Å². The molecule has 6 nitrogen and oxygen atoms in total. The van der Waals surface area contributed by atoms with E-state index in [-0.39, 0.29) is 6.61 Å². The summed E-state index contributed by atoms with van der Waals surface area (Å²) in [6.07, 6.45) is 3.77. The van der Waals surface area contributed by atoms with Gasteiger partial charge in [-0.3, -0.25) is 0 Å². The normalized spacial score (nSPS) is 10.9. The first kappa shape index (κ1) is 17.1. The molecular formula is C21H20N4O2. The number of aliphatic hydroxyl groups excluding tert-OH is 1. The highest BCUT2D eigenvalue weighted by atomic mass is 16.5. The molecule has 2 aromatic carbocycles. The molecule has 0 saturated carbocycles. The van der Waals surface area contributed by atoms with Gasteiger partial charge in [-0.05, 0) is 36.4 Å². The fraction of sp³-hybridized carbons (Fsp3) is 0.143. The molecule has 136 valence electrons. The number of rotatable bonds is 6. The summed E-state index contributed by atoms with van der Waals surface area (Å²) < 4.78 is 7.23. The molecule has 0 saturated heterocycles. The fourth-order valence-electron chi connectivity index (χ4n) is 3.12. The number of aromatic nitrogens is 3. The van der Waals surface area contributed by atoms with E-state index in [1.165, 1.54) is 0 Å². The van der Waals surface area contributed by atoms with Crippen LogP contribution in [0.1, 0.15) is 0 Å². The minimum absolute atomic E-state index is 0.0894. The molecule has 0 atom stereocenters. The molecule has 0 radical (unpaired) electrons. The van der Waals surface area contributed by atoms with Crippen LogP contribution >= 0.6 is 0 Å². The molecule has 0 spiro atoms. The van der Waals surface area contributed by atoms with Crippen LogP contribution in [0.15, 0.2) is 67.0 Å². The number of benzene rings is 2. The Morgan fingerprint density at radius 2 is 1.89 bits per heavy atom. The Kier molecular flexibility index (Phi) is 4.72. The summed E-state index contributed by atoms with van der Waals surface area (Å²) in [5, 5.41) is 13.7. The summed E-state index contributed by atoms with van der Waals surface area (Å²) in [5.41, 5.74) is 3.80. The first-order valence-corrected chi connectivity index (χ1v) is 8.72. The van der Waals surface area contributed by atoms with Gasteiger partial charge in [0, 0.05) is 41.1 Å². The SMILES string of the molecule is COc1ccc(Nc2nccc(-c3cn(CCO)c4ccccc34)n2)cc1. The first-order valence-electron chi connectivity index (χ1n) is 8.72. The van der Waals surface area contributed by atoms with Crippen molar-refractivity contribution >= 4 is 22.5 Å². The number of aliphatic hydroxyl groups is 1. The molecule has 0 amide bonds. The average Bonchev–Trinajstić information content (AvgIpc) is 3.08. The Bertz CT molecular complexity index is 1060. The van der Waals surface area contributed by atoms with E-state index in [0.29, 0.717) is 12.5 Å². The third-order valence-corrected chi connectivity index (χ3v) is 4.41. The van der Waals surface area contributed by atoms with Crippen LogP contribution in [0.25, 0.3) is 22.2 Å². The van der Waals surface area contributed by atoms with Crippen LogP contribution < -0.4 is 10.1 Å². The van der Waals surface area contributed by atoms with Gasteiger partial charge in [-0.15, -0.1) is 0 Å². The Morgan fingerprint density at radius 3 is 2.67 bits per heavy atom. The maximum absolute atomic E-state index is 9.34. The number of ether oxygens (including phenoxy) is 1. The Labute approximate surface area is 157 Å². The minimum atomic E-state index is 0.0894. The molecule has 2 aromatic heterocycles. The highest BCUT2D eigenvalue weighted by Crippen LogP contribution is 2.30. The van der Waals surface area contributed by atoms with Gasteiger partial charge in [0.25, 0.3) is 0 Å². The number of anilines is 2. The zero-order valence-corrected chi connectivity index (χ0v) is 15.0. The van der Waals surface area contributed by atoms with E-state index in [9.17, 15) is 5.11 Å². The topological polar surface area (TPSA) is 72.2 Å². The molecule has 0 bridgehead atoms. The molecule has 2 heterocycles. The summed E-state index contributed by atoms with van der Waals surface area (Å²) in [5.74, 6) is 1.32. The quantitative estimate of drug-likeness (QED) is 0.547. The Morgan fingerprint density at radius 1 is 1.07 bits per heavy atom. The molecule has 6 heteroatoms. The first-order chi connectivity index (χ1) is 13.3. The van der Waals surface area contributed by atoms with E-state index >= 15 is 0 Å². The average molecular weight is 360 g/mol. The number of nitrogens with zero attached hydrogens (tertiary/aromatic N) is 3. The van der Waals surface area contributed by atoms with E-state index < -0.39 is 0 Å². The van der Waals surface area contributed by atoms with Gasteiger partial charge in [-0.25, -0.2) is 9.97 Å². The molecule has 27 heavy (non-hydrogen) atoms.